The van der Waals surface area contributed by atoms with Crippen molar-refractivity contribution < 1.29 is 14.7 Å². The van der Waals surface area contributed by atoms with E-state index in [4.69, 9.17) is 5.11 Å². The molecule has 0 bridgehead atoms. The van der Waals surface area contributed by atoms with Gasteiger partial charge in [-0.15, -0.1) is 11.3 Å². The quantitative estimate of drug-likeness (QED) is 0.946. The van der Waals surface area contributed by atoms with Gasteiger partial charge in [-0.2, -0.15) is 0 Å². The lowest BCUT2D eigenvalue weighted by atomic mass is 10.2. The number of pyridine rings is 1. The van der Waals surface area contributed by atoms with E-state index in [-0.39, 0.29) is 11.6 Å². The number of amides is 1. The predicted molar refractivity (Wildman–Crippen MR) is 79.6 cm³/mol. The Kier molecular flexibility index (Phi) is 3.70. The second-order valence-electron chi connectivity index (χ2n) is 4.88. The van der Waals surface area contributed by atoms with E-state index < -0.39 is 5.97 Å². The van der Waals surface area contributed by atoms with E-state index in [1.54, 1.807) is 28.4 Å². The van der Waals surface area contributed by atoms with E-state index in [1.165, 1.54) is 10.9 Å². The predicted octanol–water partition coefficient (Wildman–Crippen LogP) is 2.71. The number of rotatable bonds is 3. The van der Waals surface area contributed by atoms with Crippen LogP contribution in [0, 0.1) is 0 Å². The van der Waals surface area contributed by atoms with Crippen molar-refractivity contribution in [3.8, 4) is 0 Å². The summed E-state index contributed by atoms with van der Waals surface area (Å²) < 4.78 is 0. The minimum atomic E-state index is -1.06. The van der Waals surface area contributed by atoms with Crippen molar-refractivity contribution in [2.24, 2.45) is 0 Å². The molecule has 0 aliphatic carbocycles. The van der Waals surface area contributed by atoms with Gasteiger partial charge in [0, 0.05) is 11.3 Å². The Morgan fingerprint density at radius 3 is 3.00 bits per heavy atom. The zero-order valence-electron chi connectivity index (χ0n) is 11.3. The summed E-state index contributed by atoms with van der Waals surface area (Å²) in [5.41, 5.74) is 1.52. The van der Waals surface area contributed by atoms with Crippen molar-refractivity contribution in [3.05, 3.63) is 45.9 Å². The molecule has 0 spiro atoms. The van der Waals surface area contributed by atoms with Crippen LogP contribution < -0.4 is 4.90 Å². The van der Waals surface area contributed by atoms with Crippen LogP contribution in [0.3, 0.4) is 0 Å². The van der Waals surface area contributed by atoms with Crippen LogP contribution in [-0.4, -0.2) is 22.0 Å². The molecule has 3 heterocycles. The first-order chi connectivity index (χ1) is 10.1. The number of hydrogen-bond donors (Lipinski definition) is 1. The zero-order valence-corrected chi connectivity index (χ0v) is 12.1. The number of carbonyl (C=O) groups is 2. The van der Waals surface area contributed by atoms with E-state index in [0.29, 0.717) is 18.7 Å². The molecule has 108 valence electrons. The minimum Gasteiger partial charge on any atom is -0.477 e. The van der Waals surface area contributed by atoms with Gasteiger partial charge in [-0.3, -0.25) is 4.79 Å². The fourth-order valence-electron chi connectivity index (χ4n) is 2.45. The van der Waals surface area contributed by atoms with Crippen LogP contribution in [0.25, 0.3) is 0 Å². The number of nitrogens with zero attached hydrogens (tertiary/aromatic N) is 2. The molecule has 0 saturated carbocycles. The lowest BCUT2D eigenvalue weighted by Gasteiger charge is -2.20. The molecule has 3 rings (SSSR count). The zero-order chi connectivity index (χ0) is 14.8. The van der Waals surface area contributed by atoms with Crippen molar-refractivity contribution in [3.63, 3.8) is 0 Å². The smallest absolute Gasteiger partial charge is 0.354 e. The first-order valence-electron chi connectivity index (χ1n) is 6.71. The summed E-state index contributed by atoms with van der Waals surface area (Å²) >= 11 is 1.65. The molecule has 1 aliphatic heterocycles. The highest BCUT2D eigenvalue weighted by atomic mass is 32.1. The van der Waals surface area contributed by atoms with Gasteiger partial charge in [0.15, 0.2) is 0 Å². The number of aromatic nitrogens is 1. The number of aryl methyl sites for hydroxylation is 1. The summed E-state index contributed by atoms with van der Waals surface area (Å²) in [7, 11) is 0. The Morgan fingerprint density at radius 1 is 1.33 bits per heavy atom. The molecule has 5 nitrogen and oxygen atoms in total. The highest BCUT2D eigenvalue weighted by Gasteiger charge is 2.23. The van der Waals surface area contributed by atoms with Gasteiger partial charge in [0.2, 0.25) is 5.91 Å². The second kappa shape index (κ2) is 5.65. The lowest BCUT2D eigenvalue weighted by molar-refractivity contribution is -0.118. The Hall–Kier alpha value is -2.21. The maximum Gasteiger partial charge on any atom is 0.354 e. The Labute approximate surface area is 125 Å². The third kappa shape index (κ3) is 2.80. The van der Waals surface area contributed by atoms with Gasteiger partial charge >= 0.3 is 5.97 Å². The molecule has 21 heavy (non-hydrogen) atoms. The number of thiophene rings is 1. The minimum absolute atomic E-state index is 0.000290. The van der Waals surface area contributed by atoms with E-state index in [0.717, 1.165) is 18.5 Å². The first-order valence-corrected chi connectivity index (χ1v) is 7.59. The summed E-state index contributed by atoms with van der Waals surface area (Å²) in [6.45, 7) is 0.309. The topological polar surface area (TPSA) is 70.5 Å². The average molecular weight is 302 g/mol. The molecule has 2 aromatic rings. The van der Waals surface area contributed by atoms with Crippen molar-refractivity contribution in [2.45, 2.75) is 25.8 Å². The molecule has 1 amide bonds. The van der Waals surface area contributed by atoms with Crippen LogP contribution in [0.15, 0.2) is 29.6 Å². The number of carboxylic acids is 1. The van der Waals surface area contributed by atoms with Crippen molar-refractivity contribution in [1.82, 2.24) is 4.98 Å². The van der Waals surface area contributed by atoms with E-state index in [1.807, 2.05) is 11.4 Å². The molecule has 0 saturated heterocycles. The van der Waals surface area contributed by atoms with Gasteiger partial charge in [0.05, 0.1) is 17.9 Å². The highest BCUT2D eigenvalue weighted by Crippen LogP contribution is 2.32. The standard InChI is InChI=1S/C15H14N2O3S/c18-14-6-2-5-13-12(7-8-21-13)17(14)9-10-3-1-4-11(16-10)15(19)20/h1,3-4,7-8H,2,5-6,9H2,(H,19,20). The summed E-state index contributed by atoms with van der Waals surface area (Å²) in [4.78, 5) is 30.3. The summed E-state index contributed by atoms with van der Waals surface area (Å²) in [6, 6.07) is 6.80. The van der Waals surface area contributed by atoms with E-state index in [2.05, 4.69) is 4.98 Å². The van der Waals surface area contributed by atoms with Crippen LogP contribution >= 0.6 is 11.3 Å². The third-order valence-corrected chi connectivity index (χ3v) is 4.42. The number of aromatic carboxylic acids is 1. The fourth-order valence-corrected chi connectivity index (χ4v) is 3.38. The number of carboxylic acid groups (broad SMARTS) is 1. The Bertz CT molecular complexity index is 696. The maximum atomic E-state index is 12.3. The maximum absolute atomic E-state index is 12.3. The van der Waals surface area contributed by atoms with E-state index >= 15 is 0 Å². The highest BCUT2D eigenvalue weighted by molar-refractivity contribution is 7.10. The second-order valence-corrected chi connectivity index (χ2v) is 5.88. The molecule has 2 aromatic heterocycles. The summed E-state index contributed by atoms with van der Waals surface area (Å²) in [5, 5.41) is 11.0. The molecule has 1 N–H and O–H groups in total. The van der Waals surface area contributed by atoms with Crippen LogP contribution in [0.5, 0.6) is 0 Å². The van der Waals surface area contributed by atoms with Crippen LogP contribution in [0.2, 0.25) is 0 Å². The molecular formula is C15H14N2O3S. The van der Waals surface area contributed by atoms with Crippen LogP contribution in [0.4, 0.5) is 5.69 Å². The van der Waals surface area contributed by atoms with Gasteiger partial charge in [0.1, 0.15) is 5.69 Å². The molecule has 0 unspecified atom stereocenters. The molecular weight excluding hydrogens is 288 g/mol. The molecule has 1 aliphatic rings. The van der Waals surface area contributed by atoms with Gasteiger partial charge in [-0.1, -0.05) is 6.07 Å². The number of anilines is 1. The van der Waals surface area contributed by atoms with E-state index in [9.17, 15) is 9.59 Å². The number of hydrogen-bond acceptors (Lipinski definition) is 4. The average Bonchev–Trinajstić information content (AvgIpc) is 2.88. The first kappa shape index (κ1) is 13.8. The molecule has 0 radical (unpaired) electrons. The normalized spacial score (nSPS) is 14.7. The summed E-state index contributed by atoms with van der Waals surface area (Å²) in [6.07, 6.45) is 2.28. The number of carbonyl (C=O) groups excluding carboxylic acids is 1. The molecule has 6 heteroatoms. The third-order valence-electron chi connectivity index (χ3n) is 3.45. The monoisotopic (exact) mass is 302 g/mol. The summed E-state index contributed by atoms with van der Waals surface area (Å²) in [5.74, 6) is -0.995. The SMILES string of the molecule is O=C(O)c1cccc(CN2C(=O)CCCc3sccc32)n1. The Morgan fingerprint density at radius 2 is 2.19 bits per heavy atom. The molecule has 0 fully saturated rings. The van der Waals surface area contributed by atoms with Crippen molar-refractivity contribution >= 4 is 28.9 Å². The van der Waals surface area contributed by atoms with Crippen LogP contribution in [0.1, 0.15) is 33.9 Å². The van der Waals surface area contributed by atoms with Gasteiger partial charge < -0.3 is 10.0 Å². The lowest BCUT2D eigenvalue weighted by Crippen LogP contribution is -2.29. The Balaban J connectivity index is 1.91. The van der Waals surface area contributed by atoms with Gasteiger partial charge in [-0.05, 0) is 36.4 Å². The number of fused-ring (bicyclic) bond motifs is 1. The van der Waals surface area contributed by atoms with Crippen molar-refractivity contribution in [1.29, 1.82) is 0 Å². The van der Waals surface area contributed by atoms with Gasteiger partial charge in [0.25, 0.3) is 0 Å². The van der Waals surface area contributed by atoms with Crippen molar-refractivity contribution in [2.75, 3.05) is 4.90 Å². The van der Waals surface area contributed by atoms with Crippen LogP contribution in [-0.2, 0) is 17.8 Å². The molecule has 0 aromatic carbocycles. The fraction of sp³-hybridized carbons (Fsp3) is 0.267. The molecule has 0 atom stereocenters. The largest absolute Gasteiger partial charge is 0.477 e. The van der Waals surface area contributed by atoms with Gasteiger partial charge in [-0.25, -0.2) is 9.78 Å².